The molecule has 0 saturated heterocycles. The summed E-state index contributed by atoms with van der Waals surface area (Å²) in [6.07, 6.45) is 1.76. The van der Waals surface area contributed by atoms with Crippen LogP contribution in [0.4, 0.5) is 5.69 Å². The van der Waals surface area contributed by atoms with Crippen molar-refractivity contribution in [2.45, 2.75) is 13.5 Å². The van der Waals surface area contributed by atoms with Crippen molar-refractivity contribution in [3.63, 3.8) is 0 Å². The van der Waals surface area contributed by atoms with Gasteiger partial charge in [-0.3, -0.25) is 9.97 Å². The standard InChI is InChI=1S/C23H19N3O2/c1-15-13-21(22-20(26-15)7-4-12-24-22)25-14-16-8-10-17(11-9-16)18-5-2-3-6-19(18)23(27)28/h2-13H,14H2,1H3,(H,25,26)(H,27,28). The van der Waals surface area contributed by atoms with Gasteiger partial charge < -0.3 is 10.4 Å². The fourth-order valence-electron chi connectivity index (χ4n) is 3.25. The van der Waals surface area contributed by atoms with Crippen LogP contribution in [0.1, 0.15) is 21.6 Å². The molecule has 0 radical (unpaired) electrons. The average Bonchev–Trinajstić information content (AvgIpc) is 2.72. The quantitative estimate of drug-likeness (QED) is 0.522. The lowest BCUT2D eigenvalue weighted by atomic mass is 9.99. The van der Waals surface area contributed by atoms with Crippen LogP contribution < -0.4 is 5.32 Å². The molecule has 0 spiro atoms. The number of fused-ring (bicyclic) bond motifs is 1. The van der Waals surface area contributed by atoms with Gasteiger partial charge in [0.25, 0.3) is 0 Å². The Labute approximate surface area is 162 Å². The zero-order chi connectivity index (χ0) is 19.5. The molecule has 0 bridgehead atoms. The van der Waals surface area contributed by atoms with Crippen molar-refractivity contribution in [3.05, 3.63) is 89.7 Å². The van der Waals surface area contributed by atoms with Gasteiger partial charge in [-0.1, -0.05) is 42.5 Å². The van der Waals surface area contributed by atoms with Crippen LogP contribution in [0, 0.1) is 6.92 Å². The SMILES string of the molecule is Cc1cc(NCc2ccc(-c3ccccc3C(=O)O)cc2)c2ncccc2n1. The van der Waals surface area contributed by atoms with Crippen LogP contribution in [0.5, 0.6) is 0 Å². The van der Waals surface area contributed by atoms with Gasteiger partial charge in [-0.05, 0) is 47.9 Å². The van der Waals surface area contributed by atoms with Crippen molar-refractivity contribution >= 4 is 22.7 Å². The highest BCUT2D eigenvalue weighted by Crippen LogP contribution is 2.25. The number of aromatic nitrogens is 2. The van der Waals surface area contributed by atoms with E-state index in [4.69, 9.17) is 0 Å². The summed E-state index contributed by atoms with van der Waals surface area (Å²) in [5.74, 6) is -0.922. The molecule has 2 heterocycles. The number of nitrogens with one attached hydrogen (secondary N) is 1. The van der Waals surface area contributed by atoms with E-state index in [9.17, 15) is 9.90 Å². The van der Waals surface area contributed by atoms with Crippen molar-refractivity contribution in [2.24, 2.45) is 0 Å². The Balaban J connectivity index is 1.56. The van der Waals surface area contributed by atoms with Crippen LogP contribution in [0.25, 0.3) is 22.2 Å². The lowest BCUT2D eigenvalue weighted by molar-refractivity contribution is 0.0697. The van der Waals surface area contributed by atoms with E-state index < -0.39 is 5.97 Å². The van der Waals surface area contributed by atoms with Crippen molar-refractivity contribution in [3.8, 4) is 11.1 Å². The van der Waals surface area contributed by atoms with Crippen molar-refractivity contribution in [2.75, 3.05) is 5.32 Å². The predicted octanol–water partition coefficient (Wildman–Crippen LogP) is 4.92. The first-order chi connectivity index (χ1) is 13.6. The summed E-state index contributed by atoms with van der Waals surface area (Å²) in [7, 11) is 0. The van der Waals surface area contributed by atoms with Gasteiger partial charge >= 0.3 is 5.97 Å². The molecule has 2 aromatic carbocycles. The number of aryl methyl sites for hydroxylation is 1. The van der Waals surface area contributed by atoms with Crippen LogP contribution >= 0.6 is 0 Å². The molecule has 0 amide bonds. The average molecular weight is 369 g/mol. The van der Waals surface area contributed by atoms with Crippen molar-refractivity contribution < 1.29 is 9.90 Å². The first-order valence-electron chi connectivity index (χ1n) is 9.00. The fraction of sp³-hybridized carbons (Fsp3) is 0.0870. The summed E-state index contributed by atoms with van der Waals surface area (Å²) in [5.41, 5.74) is 6.59. The molecule has 2 aromatic heterocycles. The fourth-order valence-corrected chi connectivity index (χ4v) is 3.25. The van der Waals surface area contributed by atoms with E-state index in [2.05, 4.69) is 15.3 Å². The number of anilines is 1. The molecule has 0 aliphatic rings. The Bertz CT molecular complexity index is 1150. The molecule has 4 rings (SSSR count). The molecule has 2 N–H and O–H groups in total. The van der Waals surface area contributed by atoms with E-state index in [-0.39, 0.29) is 0 Å². The lowest BCUT2D eigenvalue weighted by Gasteiger charge is -2.11. The summed E-state index contributed by atoms with van der Waals surface area (Å²) >= 11 is 0. The number of carbonyl (C=O) groups is 1. The van der Waals surface area contributed by atoms with Crippen molar-refractivity contribution in [1.29, 1.82) is 0 Å². The summed E-state index contributed by atoms with van der Waals surface area (Å²) in [6.45, 7) is 2.60. The van der Waals surface area contributed by atoms with E-state index in [1.165, 1.54) is 0 Å². The highest BCUT2D eigenvalue weighted by molar-refractivity contribution is 5.96. The van der Waals surface area contributed by atoms with E-state index in [0.29, 0.717) is 12.1 Å². The Morgan fingerprint density at radius 1 is 1.04 bits per heavy atom. The molecule has 28 heavy (non-hydrogen) atoms. The smallest absolute Gasteiger partial charge is 0.336 e. The van der Waals surface area contributed by atoms with Crippen molar-refractivity contribution in [1.82, 2.24) is 9.97 Å². The summed E-state index contributed by atoms with van der Waals surface area (Å²) in [5, 5.41) is 12.8. The molecular weight excluding hydrogens is 350 g/mol. The molecule has 5 heteroatoms. The van der Waals surface area contributed by atoms with E-state index in [1.807, 2.05) is 61.5 Å². The Hall–Kier alpha value is -3.73. The minimum atomic E-state index is -0.922. The molecule has 138 valence electrons. The van der Waals surface area contributed by atoms with Gasteiger partial charge in [0, 0.05) is 18.4 Å². The largest absolute Gasteiger partial charge is 0.478 e. The van der Waals surface area contributed by atoms with Gasteiger partial charge in [-0.25, -0.2) is 4.79 Å². The summed E-state index contributed by atoms with van der Waals surface area (Å²) in [6, 6.07) is 20.8. The normalized spacial score (nSPS) is 10.8. The van der Waals surface area contributed by atoms with E-state index in [1.54, 1.807) is 18.3 Å². The molecule has 0 unspecified atom stereocenters. The molecular formula is C23H19N3O2. The maximum absolute atomic E-state index is 11.4. The number of aromatic carboxylic acids is 1. The molecule has 0 saturated carbocycles. The van der Waals surface area contributed by atoms with Crippen LogP contribution in [-0.4, -0.2) is 21.0 Å². The third-order valence-corrected chi connectivity index (χ3v) is 4.60. The molecule has 0 atom stereocenters. The van der Waals surface area contributed by atoms with Crippen LogP contribution in [0.2, 0.25) is 0 Å². The van der Waals surface area contributed by atoms with Gasteiger partial charge in [0.1, 0.15) is 5.52 Å². The highest BCUT2D eigenvalue weighted by atomic mass is 16.4. The first kappa shape index (κ1) is 17.7. The second kappa shape index (κ2) is 7.48. The minimum Gasteiger partial charge on any atom is -0.478 e. The van der Waals surface area contributed by atoms with Gasteiger partial charge in [0.15, 0.2) is 0 Å². The second-order valence-electron chi connectivity index (χ2n) is 6.58. The first-order valence-corrected chi connectivity index (χ1v) is 9.00. The zero-order valence-corrected chi connectivity index (χ0v) is 15.4. The van der Waals surface area contributed by atoms with E-state index in [0.717, 1.165) is 39.1 Å². The van der Waals surface area contributed by atoms with Gasteiger partial charge in [0.2, 0.25) is 0 Å². The molecule has 4 aromatic rings. The highest BCUT2D eigenvalue weighted by Gasteiger charge is 2.10. The Morgan fingerprint density at radius 2 is 1.82 bits per heavy atom. The van der Waals surface area contributed by atoms with Crippen LogP contribution in [-0.2, 0) is 6.54 Å². The van der Waals surface area contributed by atoms with Gasteiger partial charge in [-0.15, -0.1) is 0 Å². The van der Waals surface area contributed by atoms with Gasteiger partial charge in [-0.2, -0.15) is 0 Å². The number of pyridine rings is 2. The number of carboxylic acid groups (broad SMARTS) is 1. The monoisotopic (exact) mass is 369 g/mol. The topological polar surface area (TPSA) is 75.1 Å². The van der Waals surface area contributed by atoms with E-state index >= 15 is 0 Å². The third kappa shape index (κ3) is 3.55. The number of hydrogen-bond donors (Lipinski definition) is 2. The summed E-state index contributed by atoms with van der Waals surface area (Å²) in [4.78, 5) is 20.4. The van der Waals surface area contributed by atoms with Gasteiger partial charge in [0.05, 0.1) is 16.8 Å². The zero-order valence-electron chi connectivity index (χ0n) is 15.4. The minimum absolute atomic E-state index is 0.304. The predicted molar refractivity (Wildman–Crippen MR) is 110 cm³/mol. The summed E-state index contributed by atoms with van der Waals surface area (Å²) < 4.78 is 0. The number of rotatable bonds is 5. The lowest BCUT2D eigenvalue weighted by Crippen LogP contribution is -2.02. The van der Waals surface area contributed by atoms with Crippen LogP contribution in [0.15, 0.2) is 72.9 Å². The number of hydrogen-bond acceptors (Lipinski definition) is 4. The number of nitrogens with zero attached hydrogens (tertiary/aromatic N) is 2. The Morgan fingerprint density at radius 3 is 2.61 bits per heavy atom. The third-order valence-electron chi connectivity index (χ3n) is 4.60. The molecule has 0 aliphatic heterocycles. The molecule has 0 fully saturated rings. The molecule has 5 nitrogen and oxygen atoms in total. The Kier molecular flexibility index (Phi) is 4.72. The maximum Gasteiger partial charge on any atom is 0.336 e. The maximum atomic E-state index is 11.4. The number of benzene rings is 2. The second-order valence-corrected chi connectivity index (χ2v) is 6.58. The van der Waals surface area contributed by atoms with Crippen LogP contribution in [0.3, 0.4) is 0 Å². The molecule has 0 aliphatic carbocycles. The number of carboxylic acids is 1.